The SMILES string of the molecule is O=C(O)C1=NC(C(=O)O)C=CC1. The van der Waals surface area contributed by atoms with Crippen LogP contribution in [0.3, 0.4) is 0 Å². The first-order valence-corrected chi connectivity index (χ1v) is 3.30. The van der Waals surface area contributed by atoms with Crippen LogP contribution in [-0.4, -0.2) is 33.9 Å². The molecule has 64 valence electrons. The fraction of sp³-hybridized carbons (Fsp3) is 0.286. The molecule has 1 aliphatic heterocycles. The van der Waals surface area contributed by atoms with E-state index in [1.165, 1.54) is 12.2 Å². The highest BCUT2D eigenvalue weighted by molar-refractivity contribution is 6.36. The van der Waals surface area contributed by atoms with E-state index < -0.39 is 18.0 Å². The topological polar surface area (TPSA) is 87.0 Å². The summed E-state index contributed by atoms with van der Waals surface area (Å²) in [5.74, 6) is -2.30. The Balaban J connectivity index is 2.81. The van der Waals surface area contributed by atoms with Crippen molar-refractivity contribution in [3.8, 4) is 0 Å². The largest absolute Gasteiger partial charge is 0.479 e. The summed E-state index contributed by atoms with van der Waals surface area (Å²) < 4.78 is 0. The highest BCUT2D eigenvalue weighted by Crippen LogP contribution is 2.05. The molecule has 0 aromatic carbocycles. The van der Waals surface area contributed by atoms with E-state index in [0.29, 0.717) is 0 Å². The Morgan fingerprint density at radius 2 is 2.17 bits per heavy atom. The molecule has 0 radical (unpaired) electrons. The van der Waals surface area contributed by atoms with Crippen molar-refractivity contribution in [2.24, 2.45) is 4.99 Å². The predicted molar refractivity (Wildman–Crippen MR) is 40.3 cm³/mol. The van der Waals surface area contributed by atoms with Crippen molar-refractivity contribution in [2.75, 3.05) is 0 Å². The molecule has 0 aromatic rings. The minimum atomic E-state index is -1.16. The number of carbonyl (C=O) groups is 2. The summed E-state index contributed by atoms with van der Waals surface area (Å²) in [5, 5.41) is 17.0. The van der Waals surface area contributed by atoms with Gasteiger partial charge in [-0.1, -0.05) is 12.2 Å². The Hall–Kier alpha value is -1.65. The molecule has 1 rings (SSSR count). The van der Waals surface area contributed by atoms with Crippen LogP contribution >= 0.6 is 0 Å². The van der Waals surface area contributed by atoms with Crippen LogP contribution in [0.25, 0.3) is 0 Å². The van der Waals surface area contributed by atoms with Gasteiger partial charge in [0.25, 0.3) is 0 Å². The summed E-state index contributed by atoms with van der Waals surface area (Å²) in [6.07, 6.45) is 3.06. The van der Waals surface area contributed by atoms with Crippen LogP contribution in [0.15, 0.2) is 17.1 Å². The van der Waals surface area contributed by atoms with Gasteiger partial charge in [0.2, 0.25) is 0 Å². The highest BCUT2D eigenvalue weighted by atomic mass is 16.4. The molecule has 0 fully saturated rings. The lowest BCUT2D eigenvalue weighted by Gasteiger charge is -2.08. The van der Waals surface area contributed by atoms with Gasteiger partial charge in [0.1, 0.15) is 5.71 Å². The van der Waals surface area contributed by atoms with E-state index in [1.807, 2.05) is 0 Å². The van der Waals surface area contributed by atoms with Crippen molar-refractivity contribution in [3.05, 3.63) is 12.2 Å². The van der Waals surface area contributed by atoms with Gasteiger partial charge in [-0.15, -0.1) is 0 Å². The van der Waals surface area contributed by atoms with Gasteiger partial charge >= 0.3 is 11.9 Å². The van der Waals surface area contributed by atoms with E-state index in [2.05, 4.69) is 4.99 Å². The maximum absolute atomic E-state index is 10.4. The number of carboxylic acid groups (broad SMARTS) is 2. The molecule has 0 bridgehead atoms. The van der Waals surface area contributed by atoms with Crippen molar-refractivity contribution >= 4 is 17.7 Å². The maximum atomic E-state index is 10.4. The molecule has 1 aliphatic rings. The van der Waals surface area contributed by atoms with Crippen LogP contribution in [0.2, 0.25) is 0 Å². The van der Waals surface area contributed by atoms with Gasteiger partial charge in [0.15, 0.2) is 6.04 Å². The summed E-state index contributed by atoms with van der Waals surface area (Å²) in [6, 6.07) is -1.04. The molecule has 0 saturated heterocycles. The third-order valence-corrected chi connectivity index (χ3v) is 1.42. The van der Waals surface area contributed by atoms with Crippen molar-refractivity contribution in [1.29, 1.82) is 0 Å². The van der Waals surface area contributed by atoms with Gasteiger partial charge in [-0.25, -0.2) is 9.59 Å². The second-order valence-corrected chi connectivity index (χ2v) is 2.30. The summed E-state index contributed by atoms with van der Waals surface area (Å²) in [6.45, 7) is 0. The van der Waals surface area contributed by atoms with Gasteiger partial charge in [0.05, 0.1) is 0 Å². The van der Waals surface area contributed by atoms with Gasteiger partial charge in [-0.05, 0) is 0 Å². The summed E-state index contributed by atoms with van der Waals surface area (Å²) in [4.78, 5) is 24.2. The first-order chi connectivity index (χ1) is 5.61. The molecular weight excluding hydrogens is 162 g/mol. The summed E-state index contributed by atoms with van der Waals surface area (Å²) in [5.41, 5.74) is -0.107. The zero-order chi connectivity index (χ0) is 9.14. The normalized spacial score (nSPS) is 21.7. The Kier molecular flexibility index (Phi) is 2.23. The molecule has 2 N–H and O–H groups in total. The van der Waals surface area contributed by atoms with Gasteiger partial charge in [-0.3, -0.25) is 4.99 Å². The van der Waals surface area contributed by atoms with Gasteiger partial charge in [0, 0.05) is 6.42 Å². The lowest BCUT2D eigenvalue weighted by Crippen LogP contribution is -2.24. The minimum Gasteiger partial charge on any atom is -0.479 e. The number of carboxylic acids is 2. The van der Waals surface area contributed by atoms with E-state index in [-0.39, 0.29) is 12.1 Å². The molecule has 1 heterocycles. The summed E-state index contributed by atoms with van der Waals surface area (Å²) >= 11 is 0. The van der Waals surface area contributed by atoms with Crippen molar-refractivity contribution in [3.63, 3.8) is 0 Å². The monoisotopic (exact) mass is 169 g/mol. The van der Waals surface area contributed by atoms with E-state index in [9.17, 15) is 9.59 Å². The Labute approximate surface area is 68.0 Å². The zero-order valence-corrected chi connectivity index (χ0v) is 6.10. The summed E-state index contributed by atoms with van der Waals surface area (Å²) in [7, 11) is 0. The fourth-order valence-electron chi connectivity index (χ4n) is 0.852. The third-order valence-electron chi connectivity index (χ3n) is 1.42. The fourth-order valence-corrected chi connectivity index (χ4v) is 0.852. The predicted octanol–water partition coefficient (Wildman–Crippen LogP) is -0.0749. The molecule has 0 aromatic heterocycles. The van der Waals surface area contributed by atoms with E-state index in [1.54, 1.807) is 0 Å². The number of dihydropyridines is 1. The molecule has 12 heavy (non-hydrogen) atoms. The number of nitrogens with zero attached hydrogens (tertiary/aromatic N) is 1. The average molecular weight is 169 g/mol. The second kappa shape index (κ2) is 3.17. The number of hydrogen-bond donors (Lipinski definition) is 2. The third kappa shape index (κ3) is 1.69. The van der Waals surface area contributed by atoms with Crippen molar-refractivity contribution < 1.29 is 19.8 Å². The molecule has 5 heteroatoms. The molecule has 0 spiro atoms. The first kappa shape index (κ1) is 8.45. The number of hydrogen-bond acceptors (Lipinski definition) is 3. The molecule has 1 unspecified atom stereocenters. The van der Waals surface area contributed by atoms with Crippen molar-refractivity contribution in [2.45, 2.75) is 12.5 Å². The Morgan fingerprint density at radius 3 is 2.67 bits per heavy atom. The lowest BCUT2D eigenvalue weighted by molar-refractivity contribution is -0.137. The van der Waals surface area contributed by atoms with Gasteiger partial charge in [-0.2, -0.15) is 0 Å². The van der Waals surface area contributed by atoms with Crippen LogP contribution in [0.5, 0.6) is 0 Å². The average Bonchev–Trinajstić information content (AvgIpc) is 2.04. The number of allylic oxidation sites excluding steroid dienone is 1. The van der Waals surface area contributed by atoms with Crippen LogP contribution in [0, 0.1) is 0 Å². The highest BCUT2D eigenvalue weighted by Gasteiger charge is 2.19. The maximum Gasteiger partial charge on any atom is 0.350 e. The van der Waals surface area contributed by atoms with E-state index in [0.717, 1.165) is 0 Å². The Morgan fingerprint density at radius 1 is 1.50 bits per heavy atom. The smallest absolute Gasteiger partial charge is 0.350 e. The number of aliphatic imine (C=N–C) groups is 1. The van der Waals surface area contributed by atoms with E-state index >= 15 is 0 Å². The van der Waals surface area contributed by atoms with E-state index in [4.69, 9.17) is 10.2 Å². The number of aliphatic carboxylic acids is 2. The molecular formula is C7H7NO4. The number of rotatable bonds is 2. The van der Waals surface area contributed by atoms with Crippen LogP contribution in [0.4, 0.5) is 0 Å². The molecule has 0 aliphatic carbocycles. The minimum absolute atomic E-state index is 0.107. The van der Waals surface area contributed by atoms with Crippen molar-refractivity contribution in [1.82, 2.24) is 0 Å². The molecule has 0 amide bonds. The first-order valence-electron chi connectivity index (χ1n) is 3.30. The van der Waals surface area contributed by atoms with Gasteiger partial charge < -0.3 is 10.2 Å². The van der Waals surface area contributed by atoms with Crippen LogP contribution in [0.1, 0.15) is 6.42 Å². The second-order valence-electron chi connectivity index (χ2n) is 2.30. The molecule has 1 atom stereocenters. The molecule has 5 nitrogen and oxygen atoms in total. The van der Waals surface area contributed by atoms with Crippen LogP contribution < -0.4 is 0 Å². The van der Waals surface area contributed by atoms with Crippen LogP contribution in [-0.2, 0) is 9.59 Å². The quantitative estimate of drug-likeness (QED) is 0.566. The molecule has 0 saturated carbocycles. The standard InChI is InChI=1S/C7H7NO4/c9-6(10)4-2-1-3-5(8-4)7(11)12/h1-2,4H,3H2,(H,9,10)(H,11,12). The lowest BCUT2D eigenvalue weighted by atomic mass is 10.1. The Bertz CT molecular complexity index is 279. The zero-order valence-electron chi connectivity index (χ0n) is 6.10.